The van der Waals surface area contributed by atoms with Gasteiger partial charge in [0, 0.05) is 42.3 Å². The highest BCUT2D eigenvalue weighted by Crippen LogP contribution is 2.41. The fraction of sp³-hybridized carbons (Fsp3) is 0.391. The first-order chi connectivity index (χ1) is 15.9. The Balaban J connectivity index is 1.63. The second-order valence-corrected chi connectivity index (χ2v) is 11.1. The zero-order valence-electron chi connectivity index (χ0n) is 18.2. The van der Waals surface area contributed by atoms with Crippen LogP contribution in [0.1, 0.15) is 30.0 Å². The van der Waals surface area contributed by atoms with Crippen molar-refractivity contribution in [3.05, 3.63) is 59.3 Å². The van der Waals surface area contributed by atoms with Gasteiger partial charge < -0.3 is 9.47 Å². The largest absolute Gasteiger partial charge is 0.417 e. The molecule has 1 saturated heterocycles. The maximum atomic E-state index is 15.2. The minimum absolute atomic E-state index is 0.00917. The molecule has 2 fully saturated rings. The minimum atomic E-state index is -4.87. The van der Waals surface area contributed by atoms with Gasteiger partial charge in [0.05, 0.1) is 16.9 Å². The molecule has 0 atom stereocenters. The van der Waals surface area contributed by atoms with Gasteiger partial charge in [-0.1, -0.05) is 6.07 Å². The number of sulfonamides is 1. The average Bonchev–Trinajstić information content (AvgIpc) is 3.53. The number of likely N-dealkylation sites (tertiary alicyclic amines) is 1. The number of hydrogen-bond donors (Lipinski definition) is 1. The highest BCUT2D eigenvalue weighted by Gasteiger charge is 2.37. The van der Waals surface area contributed by atoms with Crippen LogP contribution in [-0.2, 0) is 22.7 Å². The minimum Gasteiger partial charge on any atom is -0.341 e. The summed E-state index contributed by atoms with van der Waals surface area (Å²) < 4.78 is 98.6. The van der Waals surface area contributed by atoms with Gasteiger partial charge in [0.2, 0.25) is 10.0 Å². The molecule has 5 nitrogen and oxygen atoms in total. The highest BCUT2D eigenvalue weighted by atomic mass is 32.2. The SMILES string of the molecule is CN1CC(n2cc(CNS(=O)(=O)C3CC3)c3cc(F)c(-c4ccc(F)cc4C(F)(F)F)cc32)C1. The van der Waals surface area contributed by atoms with Gasteiger partial charge in [0.15, 0.2) is 0 Å². The third-order valence-corrected chi connectivity index (χ3v) is 8.34. The molecule has 5 rings (SSSR count). The molecule has 2 heterocycles. The van der Waals surface area contributed by atoms with Crippen LogP contribution in [-0.4, -0.2) is 43.3 Å². The average molecular weight is 500 g/mol. The highest BCUT2D eigenvalue weighted by molar-refractivity contribution is 7.90. The molecule has 0 bridgehead atoms. The molecule has 1 saturated carbocycles. The van der Waals surface area contributed by atoms with Gasteiger partial charge in [-0.25, -0.2) is 21.9 Å². The third kappa shape index (κ3) is 4.20. The quantitative estimate of drug-likeness (QED) is 0.502. The first kappa shape index (κ1) is 23.3. The lowest BCUT2D eigenvalue weighted by atomic mass is 9.97. The summed E-state index contributed by atoms with van der Waals surface area (Å²) in [5.74, 6) is -1.97. The normalized spacial score (nSPS) is 17.9. The van der Waals surface area contributed by atoms with Crippen LogP contribution in [0, 0.1) is 11.6 Å². The summed E-state index contributed by atoms with van der Waals surface area (Å²) in [6, 6.07) is 4.63. The summed E-state index contributed by atoms with van der Waals surface area (Å²) in [6.45, 7) is 1.33. The molecule has 11 heteroatoms. The van der Waals surface area contributed by atoms with Crippen LogP contribution in [0.25, 0.3) is 22.0 Å². The summed E-state index contributed by atoms with van der Waals surface area (Å²) in [4.78, 5) is 2.05. The van der Waals surface area contributed by atoms with E-state index in [2.05, 4.69) is 9.62 Å². The van der Waals surface area contributed by atoms with Gasteiger partial charge in [-0.05, 0) is 55.3 Å². The first-order valence-corrected chi connectivity index (χ1v) is 12.4. The number of hydrogen-bond acceptors (Lipinski definition) is 3. The Bertz CT molecular complexity index is 1370. The van der Waals surface area contributed by atoms with Crippen LogP contribution < -0.4 is 4.72 Å². The molecule has 1 aliphatic carbocycles. The van der Waals surface area contributed by atoms with Gasteiger partial charge in [-0.15, -0.1) is 0 Å². The Labute approximate surface area is 193 Å². The van der Waals surface area contributed by atoms with Crippen molar-refractivity contribution in [2.75, 3.05) is 20.1 Å². The second-order valence-electron chi connectivity index (χ2n) is 9.04. The fourth-order valence-corrected chi connectivity index (χ4v) is 5.84. The van der Waals surface area contributed by atoms with Crippen molar-refractivity contribution in [2.24, 2.45) is 0 Å². The Hall–Kier alpha value is -2.50. The van der Waals surface area contributed by atoms with Crippen LogP contribution in [0.5, 0.6) is 0 Å². The van der Waals surface area contributed by atoms with Crippen LogP contribution >= 0.6 is 0 Å². The molecule has 0 spiro atoms. The molecule has 2 aromatic carbocycles. The van der Waals surface area contributed by atoms with Gasteiger partial charge in [0.25, 0.3) is 0 Å². The van der Waals surface area contributed by atoms with E-state index >= 15 is 4.39 Å². The number of rotatable bonds is 6. The summed E-state index contributed by atoms with van der Waals surface area (Å²) in [5.41, 5.74) is -0.980. The molecule has 1 aromatic heterocycles. The molecular formula is C23H22F5N3O2S. The maximum Gasteiger partial charge on any atom is 0.417 e. The molecule has 1 aliphatic heterocycles. The lowest BCUT2D eigenvalue weighted by Crippen LogP contribution is -2.44. The third-order valence-electron chi connectivity index (χ3n) is 6.45. The van der Waals surface area contributed by atoms with Crippen LogP contribution in [0.15, 0.2) is 36.5 Å². The smallest absolute Gasteiger partial charge is 0.341 e. The lowest BCUT2D eigenvalue weighted by Gasteiger charge is -2.37. The predicted octanol–water partition coefficient (Wildman–Crippen LogP) is 4.67. The van der Waals surface area contributed by atoms with Gasteiger partial charge in [-0.3, -0.25) is 0 Å². The summed E-state index contributed by atoms with van der Waals surface area (Å²) in [6.07, 6.45) is -1.94. The van der Waals surface area contributed by atoms with Crippen molar-refractivity contribution in [1.29, 1.82) is 0 Å². The zero-order valence-corrected chi connectivity index (χ0v) is 19.0. The van der Waals surface area contributed by atoms with E-state index in [-0.39, 0.29) is 18.2 Å². The molecule has 0 amide bonds. The van der Waals surface area contributed by atoms with Gasteiger partial charge >= 0.3 is 6.18 Å². The summed E-state index contributed by atoms with van der Waals surface area (Å²) in [5, 5.41) is 0.00806. The monoisotopic (exact) mass is 499 g/mol. The van der Waals surface area contributed by atoms with Gasteiger partial charge in [0.1, 0.15) is 11.6 Å². The topological polar surface area (TPSA) is 54.3 Å². The Morgan fingerprint density at radius 2 is 1.76 bits per heavy atom. The van der Waals surface area contributed by atoms with E-state index in [1.807, 2.05) is 11.6 Å². The van der Waals surface area contributed by atoms with Crippen molar-refractivity contribution in [1.82, 2.24) is 14.2 Å². The number of benzene rings is 2. The van der Waals surface area contributed by atoms with E-state index in [0.29, 0.717) is 48.5 Å². The molecule has 182 valence electrons. The fourth-order valence-electron chi connectivity index (χ4n) is 4.49. The van der Waals surface area contributed by atoms with Crippen molar-refractivity contribution >= 4 is 20.9 Å². The number of alkyl halides is 3. The Kier molecular flexibility index (Phi) is 5.49. The molecule has 2 aliphatic rings. The molecule has 0 unspecified atom stereocenters. The summed E-state index contributed by atoms with van der Waals surface area (Å²) in [7, 11) is -1.55. The number of likely N-dealkylation sites (N-methyl/N-ethyl adjacent to an activating group) is 1. The van der Waals surface area contributed by atoms with E-state index in [9.17, 15) is 26.0 Å². The van der Waals surface area contributed by atoms with Crippen molar-refractivity contribution in [2.45, 2.75) is 36.9 Å². The molecule has 0 radical (unpaired) electrons. The molecule has 1 N–H and O–H groups in total. The van der Waals surface area contributed by atoms with Crippen molar-refractivity contribution in [3.63, 3.8) is 0 Å². The Morgan fingerprint density at radius 3 is 2.38 bits per heavy atom. The van der Waals surface area contributed by atoms with Crippen LogP contribution in [0.2, 0.25) is 0 Å². The number of fused-ring (bicyclic) bond motifs is 1. The number of nitrogens with one attached hydrogen (secondary N) is 1. The molecule has 3 aromatic rings. The van der Waals surface area contributed by atoms with Crippen molar-refractivity contribution in [3.8, 4) is 11.1 Å². The lowest BCUT2D eigenvalue weighted by molar-refractivity contribution is -0.137. The van der Waals surface area contributed by atoms with Crippen molar-refractivity contribution < 1.29 is 30.4 Å². The number of nitrogens with zero attached hydrogens (tertiary/aromatic N) is 2. The molecular weight excluding hydrogens is 477 g/mol. The Morgan fingerprint density at radius 1 is 1.06 bits per heavy atom. The second kappa shape index (κ2) is 8.03. The number of aromatic nitrogens is 1. The van der Waals surface area contributed by atoms with E-state index in [4.69, 9.17) is 0 Å². The zero-order chi connectivity index (χ0) is 24.4. The maximum absolute atomic E-state index is 15.2. The standard InChI is InChI=1S/C23H22F5N3O2S/c1-30-11-15(12-30)31-10-13(9-29-34(32,33)16-3-4-16)18-7-21(25)19(8-22(18)31)17-5-2-14(24)6-20(17)23(26,27)28/h2,5-8,10,15-16,29H,3-4,9,11-12H2,1H3. The van der Waals surface area contributed by atoms with E-state index in [1.54, 1.807) is 6.20 Å². The van der Waals surface area contributed by atoms with E-state index < -0.39 is 44.2 Å². The first-order valence-electron chi connectivity index (χ1n) is 10.8. The van der Waals surface area contributed by atoms with E-state index in [0.717, 1.165) is 18.2 Å². The van der Waals surface area contributed by atoms with Crippen LogP contribution in [0.3, 0.4) is 0 Å². The molecule has 34 heavy (non-hydrogen) atoms. The number of halogens is 5. The van der Waals surface area contributed by atoms with Crippen LogP contribution in [0.4, 0.5) is 22.0 Å². The summed E-state index contributed by atoms with van der Waals surface area (Å²) >= 11 is 0. The van der Waals surface area contributed by atoms with Gasteiger partial charge in [-0.2, -0.15) is 13.2 Å². The van der Waals surface area contributed by atoms with E-state index in [1.165, 1.54) is 6.07 Å². The predicted molar refractivity (Wildman–Crippen MR) is 118 cm³/mol.